The molecule has 1 aromatic carbocycles. The second-order valence-corrected chi connectivity index (χ2v) is 5.11. The van der Waals surface area contributed by atoms with Crippen molar-refractivity contribution in [2.24, 2.45) is 0 Å². The van der Waals surface area contributed by atoms with E-state index < -0.39 is 6.10 Å². The summed E-state index contributed by atoms with van der Waals surface area (Å²) in [7, 11) is 1.62. The summed E-state index contributed by atoms with van der Waals surface area (Å²) in [5, 5.41) is 9.36. The molecule has 0 aliphatic heterocycles. The van der Waals surface area contributed by atoms with Gasteiger partial charge in [-0.2, -0.15) is 0 Å². The van der Waals surface area contributed by atoms with Gasteiger partial charge in [0.25, 0.3) is 5.91 Å². The summed E-state index contributed by atoms with van der Waals surface area (Å²) in [4.78, 5) is 13.3. The number of nitrogens with zero attached hydrogens (tertiary/aromatic N) is 1. The first kappa shape index (κ1) is 15.3. The third kappa shape index (κ3) is 4.15. The van der Waals surface area contributed by atoms with E-state index in [1.165, 1.54) is 4.90 Å². The van der Waals surface area contributed by atoms with Gasteiger partial charge < -0.3 is 14.7 Å². The lowest BCUT2D eigenvalue weighted by Crippen LogP contribution is -2.39. The maximum Gasteiger partial charge on any atom is 0.263 e. The van der Waals surface area contributed by atoms with Crippen LogP contribution in [0.1, 0.15) is 6.92 Å². The highest BCUT2D eigenvalue weighted by atomic mass is 79.9. The third-order valence-corrected chi connectivity index (χ3v) is 3.21. The maximum atomic E-state index is 11.9. The fourth-order valence-electron chi connectivity index (χ4n) is 1.38. The van der Waals surface area contributed by atoms with Crippen LogP contribution in [0.3, 0.4) is 0 Å². The van der Waals surface area contributed by atoms with Crippen LogP contribution < -0.4 is 4.74 Å². The Labute approximate surface area is 120 Å². The number of aliphatic hydroxyl groups is 1. The second kappa shape index (κ2) is 6.97. The lowest BCUT2D eigenvalue weighted by molar-refractivity contribution is -0.137. The largest absolute Gasteiger partial charge is 0.480 e. The first-order chi connectivity index (χ1) is 8.45. The van der Waals surface area contributed by atoms with E-state index >= 15 is 0 Å². The van der Waals surface area contributed by atoms with E-state index in [1.54, 1.807) is 32.2 Å². The Morgan fingerprint density at radius 2 is 2.28 bits per heavy atom. The predicted octanol–water partition coefficient (Wildman–Crippen LogP) is 2.32. The molecule has 0 aromatic heterocycles. The van der Waals surface area contributed by atoms with E-state index in [9.17, 15) is 4.79 Å². The van der Waals surface area contributed by atoms with Gasteiger partial charge in [0.05, 0.1) is 11.1 Å². The number of hydrogen-bond donors (Lipinski definition) is 1. The summed E-state index contributed by atoms with van der Waals surface area (Å²) in [6.45, 7) is 1.88. The zero-order valence-corrected chi connectivity index (χ0v) is 12.5. The lowest BCUT2D eigenvalue weighted by Gasteiger charge is -2.21. The van der Waals surface area contributed by atoms with Gasteiger partial charge in [0.15, 0.2) is 6.10 Å². The van der Waals surface area contributed by atoms with Crippen LogP contribution in [0.25, 0.3) is 0 Å². The lowest BCUT2D eigenvalue weighted by atomic mass is 10.3. The Hall–Kier alpha value is -0.780. The number of aliphatic hydroxyl groups excluding tert-OH is 1. The molecule has 6 heteroatoms. The van der Waals surface area contributed by atoms with Crippen molar-refractivity contribution in [3.8, 4) is 5.75 Å². The molecule has 0 heterocycles. The molecule has 1 atom stereocenters. The minimum absolute atomic E-state index is 0.0698. The highest BCUT2D eigenvalue weighted by molar-refractivity contribution is 9.10. The van der Waals surface area contributed by atoms with E-state index in [-0.39, 0.29) is 19.1 Å². The average molecular weight is 337 g/mol. The van der Waals surface area contributed by atoms with Gasteiger partial charge in [0.2, 0.25) is 0 Å². The van der Waals surface area contributed by atoms with E-state index in [1.807, 2.05) is 0 Å². The zero-order valence-electron chi connectivity index (χ0n) is 10.2. The summed E-state index contributed by atoms with van der Waals surface area (Å²) in [5.41, 5.74) is 0. The van der Waals surface area contributed by atoms with Crippen molar-refractivity contribution in [1.82, 2.24) is 4.90 Å². The number of halogens is 2. The molecule has 100 valence electrons. The van der Waals surface area contributed by atoms with Crippen LogP contribution in [0.2, 0.25) is 5.02 Å². The van der Waals surface area contributed by atoms with Crippen LogP contribution in [0.5, 0.6) is 5.75 Å². The molecule has 0 saturated heterocycles. The number of ether oxygens (including phenoxy) is 1. The molecule has 0 spiro atoms. The van der Waals surface area contributed by atoms with Crippen LogP contribution in [-0.4, -0.2) is 42.2 Å². The molecule has 0 aliphatic carbocycles. The summed E-state index contributed by atoms with van der Waals surface area (Å²) >= 11 is 9.14. The van der Waals surface area contributed by atoms with Crippen molar-refractivity contribution in [3.63, 3.8) is 0 Å². The summed E-state index contributed by atoms with van der Waals surface area (Å²) in [6, 6.07) is 5.09. The molecule has 1 rings (SSSR count). The normalized spacial score (nSPS) is 12.1. The fraction of sp³-hybridized carbons (Fsp3) is 0.417. The molecule has 18 heavy (non-hydrogen) atoms. The Kier molecular flexibility index (Phi) is 5.91. The molecule has 0 radical (unpaired) electrons. The van der Waals surface area contributed by atoms with Gasteiger partial charge in [-0.1, -0.05) is 11.6 Å². The molecule has 1 amide bonds. The van der Waals surface area contributed by atoms with Crippen molar-refractivity contribution >= 4 is 33.4 Å². The van der Waals surface area contributed by atoms with Gasteiger partial charge in [-0.3, -0.25) is 4.79 Å². The van der Waals surface area contributed by atoms with Gasteiger partial charge in [0.1, 0.15) is 5.75 Å². The molecule has 0 fully saturated rings. The van der Waals surface area contributed by atoms with Crippen molar-refractivity contribution in [2.75, 3.05) is 20.2 Å². The van der Waals surface area contributed by atoms with Gasteiger partial charge in [-0.15, -0.1) is 0 Å². The minimum atomic E-state index is -0.626. The van der Waals surface area contributed by atoms with Crippen molar-refractivity contribution in [2.45, 2.75) is 13.0 Å². The van der Waals surface area contributed by atoms with Gasteiger partial charge >= 0.3 is 0 Å². The quantitative estimate of drug-likeness (QED) is 0.898. The molecule has 1 N–H and O–H groups in total. The average Bonchev–Trinajstić information content (AvgIpc) is 2.32. The monoisotopic (exact) mass is 335 g/mol. The van der Waals surface area contributed by atoms with Gasteiger partial charge in [-0.05, 0) is 41.1 Å². The van der Waals surface area contributed by atoms with Crippen molar-refractivity contribution in [3.05, 3.63) is 27.7 Å². The first-order valence-corrected chi connectivity index (χ1v) is 6.60. The van der Waals surface area contributed by atoms with E-state index in [0.717, 1.165) is 0 Å². The Balaban J connectivity index is 2.69. The predicted molar refractivity (Wildman–Crippen MR) is 74.0 cm³/mol. The van der Waals surface area contributed by atoms with Crippen LogP contribution in [-0.2, 0) is 4.79 Å². The molecule has 1 unspecified atom stereocenters. The van der Waals surface area contributed by atoms with Crippen molar-refractivity contribution in [1.29, 1.82) is 0 Å². The number of rotatable bonds is 5. The number of likely N-dealkylation sites (N-methyl/N-ethyl adjacent to an activating group) is 1. The number of amides is 1. The highest BCUT2D eigenvalue weighted by Crippen LogP contribution is 2.28. The molecule has 0 bridgehead atoms. The van der Waals surface area contributed by atoms with Crippen LogP contribution >= 0.6 is 27.5 Å². The summed E-state index contributed by atoms with van der Waals surface area (Å²) in [6.07, 6.45) is -0.626. The standard InChI is InChI=1S/C12H15BrClNO3/c1-8(12(17)15(2)5-6-16)18-11-4-3-9(14)7-10(11)13/h3-4,7-8,16H,5-6H2,1-2H3. The number of hydrogen-bond acceptors (Lipinski definition) is 3. The molecule has 0 saturated carbocycles. The fourth-order valence-corrected chi connectivity index (χ4v) is 2.16. The van der Waals surface area contributed by atoms with Gasteiger partial charge in [0, 0.05) is 18.6 Å². The Morgan fingerprint density at radius 3 is 2.83 bits per heavy atom. The van der Waals surface area contributed by atoms with Crippen LogP contribution in [0.4, 0.5) is 0 Å². The number of benzene rings is 1. The second-order valence-electron chi connectivity index (χ2n) is 3.82. The summed E-state index contributed by atoms with van der Waals surface area (Å²) in [5.74, 6) is 0.364. The number of carbonyl (C=O) groups excluding carboxylic acids is 1. The molecular formula is C12H15BrClNO3. The van der Waals surface area contributed by atoms with Crippen LogP contribution in [0.15, 0.2) is 22.7 Å². The van der Waals surface area contributed by atoms with Gasteiger partial charge in [-0.25, -0.2) is 0 Å². The first-order valence-electron chi connectivity index (χ1n) is 5.43. The van der Waals surface area contributed by atoms with Crippen LogP contribution in [0, 0.1) is 0 Å². The van der Waals surface area contributed by atoms with E-state index in [4.69, 9.17) is 21.4 Å². The Bertz CT molecular complexity index is 428. The SMILES string of the molecule is CC(Oc1ccc(Cl)cc1Br)C(=O)N(C)CCO. The summed E-state index contributed by atoms with van der Waals surface area (Å²) < 4.78 is 6.24. The van der Waals surface area contributed by atoms with E-state index in [2.05, 4.69) is 15.9 Å². The number of carbonyl (C=O) groups is 1. The minimum Gasteiger partial charge on any atom is -0.480 e. The topological polar surface area (TPSA) is 49.8 Å². The smallest absolute Gasteiger partial charge is 0.263 e. The molecule has 0 aliphatic rings. The van der Waals surface area contributed by atoms with Crippen molar-refractivity contribution < 1.29 is 14.6 Å². The molecular weight excluding hydrogens is 321 g/mol. The Morgan fingerprint density at radius 1 is 1.61 bits per heavy atom. The highest BCUT2D eigenvalue weighted by Gasteiger charge is 2.19. The van der Waals surface area contributed by atoms with E-state index in [0.29, 0.717) is 15.2 Å². The third-order valence-electron chi connectivity index (χ3n) is 2.36. The zero-order chi connectivity index (χ0) is 13.7. The maximum absolute atomic E-state index is 11.9. The molecule has 4 nitrogen and oxygen atoms in total. The molecule has 1 aromatic rings.